The van der Waals surface area contributed by atoms with Gasteiger partial charge >= 0.3 is 0 Å². The van der Waals surface area contributed by atoms with Gasteiger partial charge < -0.3 is 5.73 Å². The van der Waals surface area contributed by atoms with Gasteiger partial charge in [-0.2, -0.15) is 0 Å². The van der Waals surface area contributed by atoms with Crippen molar-refractivity contribution in [2.45, 2.75) is 45.7 Å². The van der Waals surface area contributed by atoms with E-state index in [0.717, 1.165) is 25.7 Å². The Morgan fingerprint density at radius 3 is 2.13 bits per heavy atom. The van der Waals surface area contributed by atoms with E-state index in [9.17, 15) is 0 Å². The average molecular weight is 213 g/mol. The number of nitrogens with two attached hydrogens (primary N) is 1. The van der Waals surface area contributed by atoms with Crippen LogP contribution in [0.4, 0.5) is 0 Å². The molecule has 1 saturated heterocycles. The predicted molar refractivity (Wildman–Crippen MR) is 66.0 cm³/mol. The fraction of sp³-hybridized carbons (Fsp3) is 1.00. The van der Waals surface area contributed by atoms with Crippen molar-refractivity contribution in [2.75, 3.05) is 32.7 Å². The van der Waals surface area contributed by atoms with Crippen LogP contribution in [0.3, 0.4) is 0 Å². The number of piperazine rings is 1. The summed E-state index contributed by atoms with van der Waals surface area (Å²) in [5.41, 5.74) is 5.97. The van der Waals surface area contributed by atoms with Gasteiger partial charge in [0.2, 0.25) is 0 Å². The summed E-state index contributed by atoms with van der Waals surface area (Å²) in [5, 5.41) is 0. The second-order valence-electron chi connectivity index (χ2n) is 5.30. The number of hydrogen-bond donors (Lipinski definition) is 1. The predicted octanol–water partition coefficient (Wildman–Crippen LogP) is 1.14. The van der Waals surface area contributed by atoms with Crippen molar-refractivity contribution in [3.05, 3.63) is 0 Å². The minimum Gasteiger partial charge on any atom is -0.329 e. The molecular weight excluding hydrogens is 186 g/mol. The lowest BCUT2D eigenvalue weighted by Gasteiger charge is -2.45. The highest BCUT2D eigenvalue weighted by Crippen LogP contribution is 2.17. The number of rotatable bonds is 4. The zero-order chi connectivity index (χ0) is 11.5. The molecule has 0 aromatic rings. The van der Waals surface area contributed by atoms with Crippen LogP contribution < -0.4 is 5.73 Å². The first kappa shape index (κ1) is 12.9. The molecule has 0 aromatic heterocycles. The third-order valence-electron chi connectivity index (χ3n) is 3.88. The molecule has 15 heavy (non-hydrogen) atoms. The van der Waals surface area contributed by atoms with Crippen molar-refractivity contribution in [3.63, 3.8) is 0 Å². The smallest absolute Gasteiger partial charge is 0.0276 e. The topological polar surface area (TPSA) is 32.5 Å². The molecule has 2 N–H and O–H groups in total. The van der Waals surface area contributed by atoms with E-state index in [1.54, 1.807) is 0 Å². The minimum absolute atomic E-state index is 0.168. The van der Waals surface area contributed by atoms with Crippen LogP contribution in [0.5, 0.6) is 0 Å². The molecule has 0 spiro atoms. The first-order valence-electron chi connectivity index (χ1n) is 6.20. The largest absolute Gasteiger partial charge is 0.329 e. The van der Waals surface area contributed by atoms with E-state index >= 15 is 0 Å². The van der Waals surface area contributed by atoms with E-state index in [-0.39, 0.29) is 5.54 Å². The van der Waals surface area contributed by atoms with Gasteiger partial charge in [-0.3, -0.25) is 9.80 Å². The molecule has 0 aliphatic carbocycles. The fourth-order valence-corrected chi connectivity index (χ4v) is 2.16. The molecule has 3 heteroatoms. The Labute approximate surface area is 94.6 Å². The maximum atomic E-state index is 5.80. The summed E-state index contributed by atoms with van der Waals surface area (Å²) in [4.78, 5) is 5.11. The molecule has 1 aliphatic heterocycles. The van der Waals surface area contributed by atoms with Crippen LogP contribution in [0.25, 0.3) is 0 Å². The second-order valence-corrected chi connectivity index (χ2v) is 5.30. The maximum absolute atomic E-state index is 5.80. The van der Waals surface area contributed by atoms with E-state index in [4.69, 9.17) is 5.73 Å². The van der Waals surface area contributed by atoms with Gasteiger partial charge in [-0.05, 0) is 27.2 Å². The molecule has 0 aromatic carbocycles. The van der Waals surface area contributed by atoms with E-state index < -0.39 is 0 Å². The van der Waals surface area contributed by atoms with E-state index in [0.29, 0.717) is 0 Å². The van der Waals surface area contributed by atoms with Crippen LogP contribution in [0.1, 0.15) is 34.1 Å². The van der Waals surface area contributed by atoms with Crippen molar-refractivity contribution in [1.29, 1.82) is 0 Å². The van der Waals surface area contributed by atoms with Crippen molar-refractivity contribution in [3.8, 4) is 0 Å². The van der Waals surface area contributed by atoms with Crippen molar-refractivity contribution in [1.82, 2.24) is 9.80 Å². The van der Waals surface area contributed by atoms with Gasteiger partial charge in [-0.25, -0.2) is 0 Å². The third kappa shape index (κ3) is 3.16. The summed E-state index contributed by atoms with van der Waals surface area (Å²) >= 11 is 0. The Hall–Kier alpha value is -0.120. The van der Waals surface area contributed by atoms with Crippen LogP contribution in [-0.2, 0) is 0 Å². The Bertz CT molecular complexity index is 183. The summed E-state index contributed by atoms with van der Waals surface area (Å²) in [7, 11) is 0. The highest BCUT2D eigenvalue weighted by Gasteiger charge is 2.29. The van der Waals surface area contributed by atoms with Crippen molar-refractivity contribution in [2.24, 2.45) is 5.73 Å². The summed E-state index contributed by atoms with van der Waals surface area (Å²) in [6, 6.07) is 0.730. The van der Waals surface area contributed by atoms with Gasteiger partial charge in [0.25, 0.3) is 0 Å². The molecule has 1 rings (SSSR count). The lowest BCUT2D eigenvalue weighted by Crippen LogP contribution is -2.58. The first-order chi connectivity index (χ1) is 7.01. The zero-order valence-electron chi connectivity index (χ0n) is 10.8. The summed E-state index contributed by atoms with van der Waals surface area (Å²) in [6.45, 7) is 14.5. The Kier molecular flexibility index (Phi) is 4.56. The molecule has 0 amide bonds. The van der Waals surface area contributed by atoms with Crippen LogP contribution in [-0.4, -0.2) is 54.1 Å². The quantitative estimate of drug-likeness (QED) is 0.760. The Morgan fingerprint density at radius 2 is 1.73 bits per heavy atom. The van der Waals surface area contributed by atoms with Crippen molar-refractivity contribution >= 4 is 0 Å². The normalized spacial score (nSPS) is 23.0. The number of nitrogens with zero attached hydrogens (tertiary/aromatic N) is 2. The zero-order valence-corrected chi connectivity index (χ0v) is 10.8. The Morgan fingerprint density at radius 1 is 1.20 bits per heavy atom. The lowest BCUT2D eigenvalue weighted by molar-refractivity contribution is 0.0404. The number of hydrogen-bond acceptors (Lipinski definition) is 3. The van der Waals surface area contributed by atoms with Gasteiger partial charge in [0, 0.05) is 44.3 Å². The maximum Gasteiger partial charge on any atom is 0.0276 e. The monoisotopic (exact) mass is 213 g/mol. The molecule has 1 heterocycles. The van der Waals surface area contributed by atoms with Gasteiger partial charge in [-0.15, -0.1) is 0 Å². The SMILES string of the molecule is CCC(C)N1CCN(C(C)(C)CN)CC1. The van der Waals surface area contributed by atoms with E-state index in [1.165, 1.54) is 19.5 Å². The van der Waals surface area contributed by atoms with Crippen LogP contribution in [0.2, 0.25) is 0 Å². The fourth-order valence-electron chi connectivity index (χ4n) is 2.16. The van der Waals surface area contributed by atoms with Gasteiger partial charge in [0.1, 0.15) is 0 Å². The van der Waals surface area contributed by atoms with Crippen LogP contribution in [0, 0.1) is 0 Å². The molecule has 0 saturated carbocycles. The summed E-state index contributed by atoms with van der Waals surface area (Å²) in [6.07, 6.45) is 1.25. The molecule has 3 nitrogen and oxygen atoms in total. The molecule has 1 atom stereocenters. The van der Waals surface area contributed by atoms with Crippen LogP contribution >= 0.6 is 0 Å². The van der Waals surface area contributed by atoms with Crippen LogP contribution in [0.15, 0.2) is 0 Å². The third-order valence-corrected chi connectivity index (χ3v) is 3.88. The molecule has 1 unspecified atom stereocenters. The Balaban J connectivity index is 2.42. The van der Waals surface area contributed by atoms with Gasteiger partial charge in [-0.1, -0.05) is 6.92 Å². The standard InChI is InChI=1S/C12H27N3/c1-5-11(2)14-6-8-15(9-7-14)12(3,4)10-13/h11H,5-10,13H2,1-4H3. The van der Waals surface area contributed by atoms with E-state index in [1.807, 2.05) is 0 Å². The molecular formula is C12H27N3. The highest BCUT2D eigenvalue weighted by atomic mass is 15.3. The molecule has 90 valence electrons. The van der Waals surface area contributed by atoms with Gasteiger partial charge in [0.05, 0.1) is 0 Å². The molecule has 0 radical (unpaired) electrons. The second kappa shape index (κ2) is 5.28. The van der Waals surface area contributed by atoms with Crippen molar-refractivity contribution < 1.29 is 0 Å². The van der Waals surface area contributed by atoms with E-state index in [2.05, 4.69) is 37.5 Å². The minimum atomic E-state index is 0.168. The van der Waals surface area contributed by atoms with Gasteiger partial charge in [0.15, 0.2) is 0 Å². The summed E-state index contributed by atoms with van der Waals surface area (Å²) in [5.74, 6) is 0. The summed E-state index contributed by atoms with van der Waals surface area (Å²) < 4.78 is 0. The lowest BCUT2D eigenvalue weighted by atomic mass is 10.0. The molecule has 1 fully saturated rings. The first-order valence-corrected chi connectivity index (χ1v) is 6.20. The molecule has 0 bridgehead atoms. The average Bonchev–Trinajstić information content (AvgIpc) is 2.28. The molecule has 1 aliphatic rings. The highest BCUT2D eigenvalue weighted by molar-refractivity contribution is 4.87.